The standard InChI is InChI=1S/C17H18N3P.2C2H6/c1-11-12(2)16-15(8-13(11)9-21)18-10-19-17(16)20-14-6-4-3-5-7-14;2*1-2/h3-8,10H,9,21H2,1-2H3,(H,18,19,20);2*1-2H3. The second kappa shape index (κ2) is 10.8. The van der Waals surface area contributed by atoms with Gasteiger partial charge in [-0.05, 0) is 54.9 Å². The Kier molecular flexibility index (Phi) is 9.08. The summed E-state index contributed by atoms with van der Waals surface area (Å²) in [6.07, 6.45) is 2.56. The second-order valence-corrected chi connectivity index (χ2v) is 5.51. The number of nitrogens with zero attached hydrogens (tertiary/aromatic N) is 2. The monoisotopic (exact) mass is 355 g/mol. The highest BCUT2D eigenvalue weighted by Crippen LogP contribution is 2.30. The average Bonchev–Trinajstić information content (AvgIpc) is 2.68. The molecule has 2 aromatic carbocycles. The van der Waals surface area contributed by atoms with Gasteiger partial charge in [-0.1, -0.05) is 45.9 Å². The number of nitrogens with one attached hydrogen (secondary N) is 1. The smallest absolute Gasteiger partial charge is 0.141 e. The second-order valence-electron chi connectivity index (χ2n) is 5.10. The lowest BCUT2D eigenvalue weighted by Crippen LogP contribution is -2.00. The first kappa shape index (κ1) is 21.1. The predicted octanol–water partition coefficient (Wildman–Crippen LogP) is 6.42. The van der Waals surface area contributed by atoms with Crippen LogP contribution in [0.2, 0.25) is 0 Å². The first-order chi connectivity index (χ1) is 12.2. The van der Waals surface area contributed by atoms with Gasteiger partial charge in [-0.3, -0.25) is 0 Å². The molecule has 0 saturated carbocycles. The molecular formula is C21H30N3P. The zero-order valence-electron chi connectivity index (χ0n) is 16.2. The van der Waals surface area contributed by atoms with Gasteiger partial charge in [-0.15, -0.1) is 9.24 Å². The third-order valence-corrected chi connectivity index (χ3v) is 4.30. The molecule has 1 aromatic heterocycles. The maximum atomic E-state index is 4.43. The van der Waals surface area contributed by atoms with E-state index in [1.54, 1.807) is 6.33 Å². The minimum absolute atomic E-state index is 0.863. The summed E-state index contributed by atoms with van der Waals surface area (Å²) in [5.74, 6) is 0.863. The molecule has 3 rings (SSSR count). The lowest BCUT2D eigenvalue weighted by Gasteiger charge is -2.14. The van der Waals surface area contributed by atoms with Gasteiger partial charge in [0.1, 0.15) is 12.1 Å². The first-order valence-electron chi connectivity index (χ1n) is 8.96. The van der Waals surface area contributed by atoms with E-state index >= 15 is 0 Å². The summed E-state index contributed by atoms with van der Waals surface area (Å²) in [5.41, 5.74) is 5.88. The van der Waals surface area contributed by atoms with Crippen LogP contribution in [0, 0.1) is 13.8 Å². The quantitative estimate of drug-likeness (QED) is 0.551. The van der Waals surface area contributed by atoms with Crippen LogP contribution in [0.25, 0.3) is 10.9 Å². The van der Waals surface area contributed by atoms with Gasteiger partial charge >= 0.3 is 0 Å². The number of fused-ring (bicyclic) bond motifs is 1. The summed E-state index contributed by atoms with van der Waals surface area (Å²) in [5, 5.41) is 4.49. The minimum atomic E-state index is 0.863. The van der Waals surface area contributed by atoms with Crippen molar-refractivity contribution in [2.45, 2.75) is 47.7 Å². The Bertz CT molecular complexity index is 786. The molecule has 1 heterocycles. The fourth-order valence-electron chi connectivity index (χ4n) is 2.54. The number of benzene rings is 2. The third-order valence-electron chi connectivity index (χ3n) is 3.86. The number of hydrogen-bond acceptors (Lipinski definition) is 3. The molecule has 1 atom stereocenters. The highest BCUT2D eigenvalue weighted by molar-refractivity contribution is 7.15. The van der Waals surface area contributed by atoms with E-state index in [0.29, 0.717) is 0 Å². The van der Waals surface area contributed by atoms with Crippen molar-refractivity contribution < 1.29 is 0 Å². The van der Waals surface area contributed by atoms with Crippen molar-refractivity contribution in [3.05, 3.63) is 59.4 Å². The van der Waals surface area contributed by atoms with Crippen LogP contribution >= 0.6 is 9.24 Å². The first-order valence-corrected chi connectivity index (χ1v) is 9.78. The molecule has 3 aromatic rings. The summed E-state index contributed by atoms with van der Waals surface area (Å²) in [6, 6.07) is 12.2. The van der Waals surface area contributed by atoms with E-state index in [2.05, 4.69) is 44.4 Å². The predicted molar refractivity (Wildman–Crippen MR) is 115 cm³/mol. The molecule has 0 radical (unpaired) electrons. The minimum Gasteiger partial charge on any atom is -0.340 e. The Morgan fingerprint density at radius 2 is 1.56 bits per heavy atom. The van der Waals surface area contributed by atoms with Gasteiger partial charge in [0.2, 0.25) is 0 Å². The lowest BCUT2D eigenvalue weighted by atomic mass is 9.99. The van der Waals surface area contributed by atoms with Gasteiger partial charge < -0.3 is 5.32 Å². The fourth-order valence-corrected chi connectivity index (χ4v) is 2.97. The van der Waals surface area contributed by atoms with Gasteiger partial charge in [-0.2, -0.15) is 0 Å². The van der Waals surface area contributed by atoms with Crippen molar-refractivity contribution in [3.63, 3.8) is 0 Å². The normalized spacial score (nSPS) is 9.56. The molecule has 0 spiro atoms. The topological polar surface area (TPSA) is 37.8 Å². The van der Waals surface area contributed by atoms with E-state index in [1.807, 2.05) is 58.0 Å². The zero-order valence-corrected chi connectivity index (χ0v) is 17.4. The zero-order chi connectivity index (χ0) is 18.8. The molecular weight excluding hydrogens is 325 g/mol. The number of para-hydroxylation sites is 1. The Morgan fingerprint density at radius 1 is 0.920 bits per heavy atom. The number of anilines is 2. The molecule has 25 heavy (non-hydrogen) atoms. The molecule has 0 bridgehead atoms. The molecule has 0 amide bonds. The van der Waals surface area contributed by atoms with Gasteiger partial charge in [0.25, 0.3) is 0 Å². The van der Waals surface area contributed by atoms with E-state index in [9.17, 15) is 0 Å². The van der Waals surface area contributed by atoms with Gasteiger partial charge in [0.15, 0.2) is 0 Å². The van der Waals surface area contributed by atoms with Crippen LogP contribution in [0.15, 0.2) is 42.7 Å². The third kappa shape index (κ3) is 4.99. The summed E-state index contributed by atoms with van der Waals surface area (Å²) in [6.45, 7) is 12.3. The summed E-state index contributed by atoms with van der Waals surface area (Å²) >= 11 is 0. The van der Waals surface area contributed by atoms with Gasteiger partial charge in [0, 0.05) is 11.1 Å². The number of hydrogen-bond donors (Lipinski definition) is 1. The summed E-state index contributed by atoms with van der Waals surface area (Å²) in [7, 11) is 2.78. The Morgan fingerprint density at radius 3 is 2.16 bits per heavy atom. The maximum Gasteiger partial charge on any atom is 0.141 e. The molecule has 0 saturated heterocycles. The molecule has 0 fully saturated rings. The van der Waals surface area contributed by atoms with Crippen molar-refractivity contribution in [2.75, 3.05) is 5.32 Å². The molecule has 134 valence electrons. The Hall–Kier alpha value is -1.99. The molecule has 0 aliphatic heterocycles. The van der Waals surface area contributed by atoms with Crippen molar-refractivity contribution >= 4 is 31.6 Å². The van der Waals surface area contributed by atoms with Gasteiger partial charge in [0.05, 0.1) is 5.52 Å². The van der Waals surface area contributed by atoms with Crippen LogP contribution in [-0.4, -0.2) is 9.97 Å². The average molecular weight is 355 g/mol. The maximum absolute atomic E-state index is 4.43. The van der Waals surface area contributed by atoms with Gasteiger partial charge in [-0.25, -0.2) is 9.97 Å². The van der Waals surface area contributed by atoms with E-state index in [-0.39, 0.29) is 0 Å². The molecule has 0 aliphatic carbocycles. The summed E-state index contributed by atoms with van der Waals surface area (Å²) < 4.78 is 0. The van der Waals surface area contributed by atoms with Crippen molar-refractivity contribution in [1.29, 1.82) is 0 Å². The van der Waals surface area contributed by atoms with Crippen LogP contribution in [-0.2, 0) is 6.16 Å². The fraction of sp³-hybridized carbons (Fsp3) is 0.333. The molecule has 1 N–H and O–H groups in total. The number of aryl methyl sites for hydroxylation is 1. The highest BCUT2D eigenvalue weighted by Gasteiger charge is 2.11. The molecule has 4 heteroatoms. The van der Waals surface area contributed by atoms with Crippen molar-refractivity contribution in [2.24, 2.45) is 0 Å². The number of rotatable bonds is 3. The van der Waals surface area contributed by atoms with Crippen molar-refractivity contribution in [1.82, 2.24) is 9.97 Å². The van der Waals surface area contributed by atoms with Crippen LogP contribution in [0.1, 0.15) is 44.4 Å². The molecule has 0 aliphatic rings. The van der Waals surface area contributed by atoms with Crippen LogP contribution in [0.3, 0.4) is 0 Å². The Balaban J connectivity index is 0.000000730. The lowest BCUT2D eigenvalue weighted by molar-refractivity contribution is 1.19. The highest BCUT2D eigenvalue weighted by atomic mass is 31.0. The van der Waals surface area contributed by atoms with Crippen molar-refractivity contribution in [3.8, 4) is 0 Å². The van der Waals surface area contributed by atoms with E-state index in [1.165, 1.54) is 16.7 Å². The summed E-state index contributed by atoms with van der Waals surface area (Å²) in [4.78, 5) is 8.87. The molecule has 1 unspecified atom stereocenters. The largest absolute Gasteiger partial charge is 0.340 e. The Labute approximate surface area is 154 Å². The number of aromatic nitrogens is 2. The van der Waals surface area contributed by atoms with E-state index in [0.717, 1.165) is 28.6 Å². The van der Waals surface area contributed by atoms with Crippen LogP contribution in [0.4, 0.5) is 11.5 Å². The molecule has 3 nitrogen and oxygen atoms in total. The SMILES string of the molecule is CC.CC.Cc1c(CP)cc2ncnc(Nc3ccccc3)c2c1C. The van der Waals surface area contributed by atoms with Crippen LogP contribution in [0.5, 0.6) is 0 Å². The van der Waals surface area contributed by atoms with E-state index in [4.69, 9.17) is 0 Å². The van der Waals surface area contributed by atoms with Crippen LogP contribution < -0.4 is 5.32 Å². The van der Waals surface area contributed by atoms with E-state index < -0.39 is 0 Å².